The number of carbonyl (C=O) groups excluding carboxylic acids is 2. The van der Waals surface area contributed by atoms with Crippen molar-refractivity contribution in [2.75, 3.05) is 27.3 Å². The average Bonchev–Trinajstić information content (AvgIpc) is 2.61. The molecule has 1 aromatic rings. The lowest BCUT2D eigenvalue weighted by molar-refractivity contribution is -0.148. The predicted molar refractivity (Wildman–Crippen MR) is 89.6 cm³/mol. The van der Waals surface area contributed by atoms with Gasteiger partial charge in [-0.05, 0) is 44.0 Å². The Labute approximate surface area is 141 Å². The van der Waals surface area contributed by atoms with E-state index >= 15 is 0 Å². The molecule has 1 aliphatic heterocycles. The normalized spacial score (nSPS) is 16.7. The van der Waals surface area contributed by atoms with Crippen LogP contribution in [-0.2, 0) is 14.3 Å². The maximum absolute atomic E-state index is 12.5. The highest BCUT2D eigenvalue weighted by Crippen LogP contribution is 2.28. The molecular weight excluding hydrogens is 314 g/mol. The first-order valence-electron chi connectivity index (χ1n) is 7.72. The molecule has 1 aromatic carbocycles. The summed E-state index contributed by atoms with van der Waals surface area (Å²) in [6, 6.07) is 7.69. The number of thioether (sulfide) groups is 1. The van der Waals surface area contributed by atoms with Crippen molar-refractivity contribution >= 4 is 23.6 Å². The molecule has 1 fully saturated rings. The van der Waals surface area contributed by atoms with Crippen molar-refractivity contribution < 1.29 is 19.1 Å². The Morgan fingerprint density at radius 2 is 1.78 bits per heavy atom. The Hall–Kier alpha value is -1.69. The lowest BCUT2D eigenvalue weighted by atomic mass is 9.97. The number of piperidine rings is 1. The third kappa shape index (κ3) is 4.64. The van der Waals surface area contributed by atoms with Crippen molar-refractivity contribution in [3.63, 3.8) is 0 Å². The van der Waals surface area contributed by atoms with Gasteiger partial charge >= 0.3 is 5.97 Å². The van der Waals surface area contributed by atoms with Gasteiger partial charge in [0, 0.05) is 18.0 Å². The van der Waals surface area contributed by atoms with E-state index in [2.05, 4.69) is 0 Å². The molecule has 0 aliphatic carbocycles. The van der Waals surface area contributed by atoms with Crippen LogP contribution in [0.3, 0.4) is 0 Å². The molecule has 0 radical (unpaired) electrons. The number of nitrogens with zero attached hydrogens (tertiary/aromatic N) is 1. The third-order valence-corrected chi connectivity index (χ3v) is 5.16. The number of carbonyl (C=O) groups is 2. The summed E-state index contributed by atoms with van der Waals surface area (Å²) in [6.45, 7) is 3.15. The molecule has 1 heterocycles. The van der Waals surface area contributed by atoms with E-state index in [1.165, 1.54) is 18.9 Å². The maximum atomic E-state index is 12.5. The molecule has 1 aliphatic rings. The molecule has 0 spiro atoms. The van der Waals surface area contributed by atoms with Crippen molar-refractivity contribution in [3.05, 3.63) is 24.3 Å². The smallest absolute Gasteiger partial charge is 0.308 e. The zero-order chi connectivity index (χ0) is 16.8. The van der Waals surface area contributed by atoms with Gasteiger partial charge in [-0.25, -0.2) is 0 Å². The van der Waals surface area contributed by atoms with E-state index in [1.807, 2.05) is 36.1 Å². The number of likely N-dealkylation sites (tertiary alicyclic amines) is 1. The Bertz CT molecular complexity index is 538. The van der Waals surface area contributed by atoms with E-state index in [-0.39, 0.29) is 23.0 Å². The number of benzene rings is 1. The lowest BCUT2D eigenvalue weighted by Gasteiger charge is -2.32. The second kappa shape index (κ2) is 8.24. The number of hydrogen-bond acceptors (Lipinski definition) is 5. The fraction of sp³-hybridized carbons (Fsp3) is 0.529. The van der Waals surface area contributed by atoms with Gasteiger partial charge in [-0.1, -0.05) is 0 Å². The highest BCUT2D eigenvalue weighted by Gasteiger charge is 2.30. The molecule has 0 aromatic heterocycles. The summed E-state index contributed by atoms with van der Waals surface area (Å²) >= 11 is 1.54. The average molecular weight is 337 g/mol. The van der Waals surface area contributed by atoms with E-state index in [1.54, 1.807) is 7.11 Å². The minimum atomic E-state index is -0.169. The Morgan fingerprint density at radius 3 is 2.30 bits per heavy atom. The number of rotatable bonds is 5. The third-order valence-electron chi connectivity index (χ3n) is 4.06. The van der Waals surface area contributed by atoms with Crippen LogP contribution in [0.25, 0.3) is 0 Å². The highest BCUT2D eigenvalue weighted by molar-refractivity contribution is 8.00. The van der Waals surface area contributed by atoms with Crippen LogP contribution in [0.5, 0.6) is 5.75 Å². The van der Waals surface area contributed by atoms with Gasteiger partial charge in [0.25, 0.3) is 0 Å². The van der Waals surface area contributed by atoms with E-state index in [4.69, 9.17) is 9.47 Å². The standard InChI is InChI=1S/C17H23NO4S/c1-12(23-15-6-4-14(21-2)5-7-15)16(19)18-10-8-13(9-11-18)17(20)22-3/h4-7,12-13H,8-11H2,1-3H3/t12-/m0/s1. The summed E-state index contributed by atoms with van der Waals surface area (Å²) in [7, 11) is 3.04. The summed E-state index contributed by atoms with van der Waals surface area (Å²) in [4.78, 5) is 27.0. The first-order chi connectivity index (χ1) is 11.0. The van der Waals surface area contributed by atoms with Gasteiger partial charge in [-0.2, -0.15) is 0 Å². The molecule has 126 valence electrons. The number of esters is 1. The molecular formula is C17H23NO4S. The van der Waals surface area contributed by atoms with Crippen LogP contribution in [0.4, 0.5) is 0 Å². The van der Waals surface area contributed by atoms with Crippen molar-refractivity contribution in [3.8, 4) is 5.75 Å². The molecule has 2 rings (SSSR count). The zero-order valence-electron chi connectivity index (χ0n) is 13.8. The molecule has 0 bridgehead atoms. The lowest BCUT2D eigenvalue weighted by Crippen LogP contribution is -2.43. The second-order valence-corrected chi connectivity index (χ2v) is 6.97. The molecule has 0 saturated carbocycles. The van der Waals surface area contributed by atoms with Crippen molar-refractivity contribution in [2.24, 2.45) is 5.92 Å². The Morgan fingerprint density at radius 1 is 1.17 bits per heavy atom. The number of methoxy groups -OCH3 is 2. The van der Waals surface area contributed by atoms with Crippen LogP contribution < -0.4 is 4.74 Å². The van der Waals surface area contributed by atoms with Gasteiger partial charge in [0.2, 0.25) is 5.91 Å². The summed E-state index contributed by atoms with van der Waals surface area (Å²) in [5, 5.41) is -0.155. The van der Waals surface area contributed by atoms with Gasteiger partial charge in [-0.3, -0.25) is 9.59 Å². The van der Waals surface area contributed by atoms with Gasteiger partial charge in [0.15, 0.2) is 0 Å². The first kappa shape index (κ1) is 17.7. The largest absolute Gasteiger partial charge is 0.497 e. The highest BCUT2D eigenvalue weighted by atomic mass is 32.2. The fourth-order valence-corrected chi connectivity index (χ4v) is 3.62. The molecule has 23 heavy (non-hydrogen) atoms. The molecule has 1 saturated heterocycles. The van der Waals surface area contributed by atoms with Crippen LogP contribution in [0.15, 0.2) is 29.2 Å². The van der Waals surface area contributed by atoms with Crippen molar-refractivity contribution in [1.29, 1.82) is 0 Å². The molecule has 1 atom stereocenters. The summed E-state index contributed by atoms with van der Waals surface area (Å²) in [5.74, 6) is 0.679. The number of ether oxygens (including phenoxy) is 2. The van der Waals surface area contributed by atoms with Crippen molar-refractivity contribution in [2.45, 2.75) is 29.9 Å². The molecule has 1 amide bonds. The van der Waals surface area contributed by atoms with E-state index < -0.39 is 0 Å². The molecule has 0 N–H and O–H groups in total. The van der Waals surface area contributed by atoms with Gasteiger partial charge in [0.1, 0.15) is 5.75 Å². The van der Waals surface area contributed by atoms with Gasteiger partial charge in [-0.15, -0.1) is 11.8 Å². The minimum absolute atomic E-state index is 0.0754. The van der Waals surface area contributed by atoms with E-state index in [0.717, 1.165) is 10.6 Å². The molecule has 5 nitrogen and oxygen atoms in total. The second-order valence-electron chi connectivity index (χ2n) is 5.56. The van der Waals surface area contributed by atoms with Crippen LogP contribution in [0.2, 0.25) is 0 Å². The molecule has 0 unspecified atom stereocenters. The summed E-state index contributed by atoms with van der Waals surface area (Å²) < 4.78 is 9.91. The van der Waals surface area contributed by atoms with Crippen LogP contribution >= 0.6 is 11.8 Å². The van der Waals surface area contributed by atoms with E-state index in [9.17, 15) is 9.59 Å². The maximum Gasteiger partial charge on any atom is 0.308 e. The molecule has 6 heteroatoms. The van der Waals surface area contributed by atoms with Crippen LogP contribution in [-0.4, -0.2) is 49.3 Å². The topological polar surface area (TPSA) is 55.8 Å². The SMILES string of the molecule is COC(=O)C1CCN(C(=O)[C@H](C)Sc2ccc(OC)cc2)CC1. The summed E-state index contributed by atoms with van der Waals surface area (Å²) in [6.07, 6.45) is 1.36. The van der Waals surface area contributed by atoms with Crippen molar-refractivity contribution in [1.82, 2.24) is 4.90 Å². The Kier molecular flexibility index (Phi) is 6.33. The Balaban J connectivity index is 1.86. The summed E-state index contributed by atoms with van der Waals surface area (Å²) in [5.41, 5.74) is 0. The van der Waals surface area contributed by atoms with Gasteiger partial charge in [0.05, 0.1) is 25.4 Å². The number of hydrogen-bond donors (Lipinski definition) is 0. The quantitative estimate of drug-likeness (QED) is 0.610. The van der Waals surface area contributed by atoms with Crippen LogP contribution in [0, 0.1) is 5.92 Å². The zero-order valence-corrected chi connectivity index (χ0v) is 14.6. The monoisotopic (exact) mass is 337 g/mol. The van der Waals surface area contributed by atoms with E-state index in [0.29, 0.717) is 25.9 Å². The first-order valence-corrected chi connectivity index (χ1v) is 8.60. The minimum Gasteiger partial charge on any atom is -0.497 e. The fourth-order valence-electron chi connectivity index (χ4n) is 2.67. The van der Waals surface area contributed by atoms with Crippen LogP contribution in [0.1, 0.15) is 19.8 Å². The predicted octanol–water partition coefficient (Wildman–Crippen LogP) is 2.59. The van der Waals surface area contributed by atoms with Gasteiger partial charge < -0.3 is 14.4 Å². The number of amides is 1.